The van der Waals surface area contributed by atoms with Gasteiger partial charge in [0.25, 0.3) is 0 Å². The van der Waals surface area contributed by atoms with Crippen molar-refractivity contribution in [1.82, 2.24) is 0 Å². The molecule has 0 amide bonds. The lowest BCUT2D eigenvalue weighted by Gasteiger charge is -2.18. The van der Waals surface area contributed by atoms with Crippen molar-refractivity contribution in [2.75, 3.05) is 7.11 Å². The van der Waals surface area contributed by atoms with Crippen LogP contribution in [0.15, 0.2) is 0 Å². The Bertz CT molecular complexity index is 291. The number of esters is 1. The van der Waals surface area contributed by atoms with Crippen molar-refractivity contribution in [1.29, 1.82) is 0 Å². The van der Waals surface area contributed by atoms with Gasteiger partial charge >= 0.3 is 5.97 Å². The molecule has 0 saturated heterocycles. The van der Waals surface area contributed by atoms with Crippen molar-refractivity contribution >= 4 is 15.8 Å². The summed E-state index contributed by atoms with van der Waals surface area (Å²) in [6, 6.07) is 0. The van der Waals surface area contributed by atoms with Crippen molar-refractivity contribution in [2.24, 2.45) is 0 Å². The Hall–Kier alpha value is -0.580. The zero-order chi connectivity index (χ0) is 12.1. The molecule has 0 aromatic carbocycles. The van der Waals surface area contributed by atoms with Crippen molar-refractivity contribution in [3.8, 4) is 0 Å². The van der Waals surface area contributed by atoms with E-state index in [2.05, 4.69) is 4.74 Å². The van der Waals surface area contributed by atoms with Crippen LogP contribution in [0.1, 0.15) is 40.0 Å². The van der Waals surface area contributed by atoms with Gasteiger partial charge in [0.15, 0.2) is 9.84 Å². The first-order valence-corrected chi connectivity index (χ1v) is 6.80. The van der Waals surface area contributed by atoms with Crippen LogP contribution in [0.3, 0.4) is 0 Å². The number of methoxy groups -OCH3 is 1. The fourth-order valence-electron chi connectivity index (χ4n) is 1.52. The summed E-state index contributed by atoms with van der Waals surface area (Å²) in [5.41, 5.74) is 0. The van der Waals surface area contributed by atoms with E-state index < -0.39 is 21.1 Å². The molecular formula is C10H20O4S. The molecule has 0 bridgehead atoms. The summed E-state index contributed by atoms with van der Waals surface area (Å²) in [4.78, 5) is 11.0. The van der Waals surface area contributed by atoms with Crippen LogP contribution in [0.4, 0.5) is 0 Å². The van der Waals surface area contributed by atoms with Gasteiger partial charge in [-0.2, -0.15) is 0 Å². The molecule has 0 spiro atoms. The lowest BCUT2D eigenvalue weighted by molar-refractivity contribution is -0.140. The summed E-state index contributed by atoms with van der Waals surface area (Å²) >= 11 is 0. The Balaban J connectivity index is 4.65. The van der Waals surface area contributed by atoms with E-state index in [4.69, 9.17) is 0 Å². The average molecular weight is 236 g/mol. The summed E-state index contributed by atoms with van der Waals surface area (Å²) in [7, 11) is -1.94. The molecule has 0 fully saturated rings. The third kappa shape index (κ3) is 3.81. The van der Waals surface area contributed by atoms with E-state index in [1.54, 1.807) is 6.92 Å². The summed E-state index contributed by atoms with van der Waals surface area (Å²) in [5, 5.41) is -1.01. The van der Waals surface area contributed by atoms with Crippen LogP contribution in [0.2, 0.25) is 0 Å². The third-order valence-electron chi connectivity index (χ3n) is 2.62. The fourth-order valence-corrected chi connectivity index (χ4v) is 3.47. The molecule has 90 valence electrons. The lowest BCUT2D eigenvalue weighted by Crippen LogP contribution is -2.31. The standard InChI is InChI=1S/C10H20O4S/c1-5-9(6-2)15(12,13)8(3)7-10(11)14-4/h8-9H,5-7H2,1-4H3. The molecule has 0 heterocycles. The largest absolute Gasteiger partial charge is 0.469 e. The zero-order valence-electron chi connectivity index (χ0n) is 9.82. The molecule has 0 aromatic heterocycles. The van der Waals surface area contributed by atoms with E-state index in [1.807, 2.05) is 13.8 Å². The maximum absolute atomic E-state index is 11.9. The van der Waals surface area contributed by atoms with Crippen LogP contribution in [0.25, 0.3) is 0 Å². The molecule has 0 rings (SSSR count). The second kappa shape index (κ2) is 6.10. The second-order valence-electron chi connectivity index (χ2n) is 3.62. The van der Waals surface area contributed by atoms with Crippen molar-refractivity contribution in [3.63, 3.8) is 0 Å². The Labute approximate surface area is 91.9 Å². The molecule has 0 aliphatic carbocycles. The molecule has 1 atom stereocenters. The molecule has 0 saturated carbocycles. The first kappa shape index (κ1) is 14.4. The van der Waals surface area contributed by atoms with Crippen LogP contribution in [0.5, 0.6) is 0 Å². The highest BCUT2D eigenvalue weighted by molar-refractivity contribution is 7.92. The van der Waals surface area contributed by atoms with E-state index >= 15 is 0 Å². The third-order valence-corrected chi connectivity index (χ3v) is 5.50. The van der Waals surface area contributed by atoms with E-state index in [1.165, 1.54) is 7.11 Å². The molecule has 4 nitrogen and oxygen atoms in total. The molecule has 0 aliphatic heterocycles. The minimum absolute atomic E-state index is 0.0602. The van der Waals surface area contributed by atoms with E-state index in [9.17, 15) is 13.2 Å². The predicted molar refractivity (Wildman–Crippen MR) is 59.4 cm³/mol. The van der Waals surface area contributed by atoms with Gasteiger partial charge in [0.2, 0.25) is 0 Å². The number of ether oxygens (including phenoxy) is 1. The van der Waals surface area contributed by atoms with Gasteiger partial charge in [0.1, 0.15) is 0 Å². The Morgan fingerprint density at radius 1 is 1.27 bits per heavy atom. The first-order valence-electron chi connectivity index (χ1n) is 5.19. The average Bonchev–Trinajstić information content (AvgIpc) is 2.18. The van der Waals surface area contributed by atoms with E-state index in [0.29, 0.717) is 12.8 Å². The van der Waals surface area contributed by atoms with Crippen molar-refractivity contribution in [3.05, 3.63) is 0 Å². The fraction of sp³-hybridized carbons (Fsp3) is 0.900. The van der Waals surface area contributed by atoms with Gasteiger partial charge in [0, 0.05) is 0 Å². The Kier molecular flexibility index (Phi) is 5.87. The van der Waals surface area contributed by atoms with E-state index in [-0.39, 0.29) is 11.7 Å². The van der Waals surface area contributed by atoms with Crippen LogP contribution >= 0.6 is 0 Å². The summed E-state index contributed by atoms with van der Waals surface area (Å²) < 4.78 is 28.3. The van der Waals surface area contributed by atoms with Crippen molar-refractivity contribution < 1.29 is 17.9 Å². The summed E-state index contributed by atoms with van der Waals surface area (Å²) in [6.45, 7) is 5.25. The highest BCUT2D eigenvalue weighted by Gasteiger charge is 2.30. The smallest absolute Gasteiger partial charge is 0.306 e. The topological polar surface area (TPSA) is 60.4 Å². The number of hydrogen-bond acceptors (Lipinski definition) is 4. The van der Waals surface area contributed by atoms with Crippen LogP contribution in [-0.4, -0.2) is 32.0 Å². The molecule has 0 aromatic rings. The van der Waals surface area contributed by atoms with Crippen LogP contribution in [-0.2, 0) is 19.4 Å². The molecule has 0 aliphatic rings. The van der Waals surface area contributed by atoms with Gasteiger partial charge in [0.05, 0.1) is 24.0 Å². The molecule has 15 heavy (non-hydrogen) atoms. The van der Waals surface area contributed by atoms with Gasteiger partial charge in [-0.15, -0.1) is 0 Å². The summed E-state index contributed by atoms with van der Waals surface area (Å²) in [6.07, 6.45) is 1.12. The normalized spacial score (nSPS) is 13.9. The van der Waals surface area contributed by atoms with Gasteiger partial charge in [-0.25, -0.2) is 8.42 Å². The minimum atomic E-state index is -3.21. The van der Waals surface area contributed by atoms with E-state index in [0.717, 1.165) is 0 Å². The SMILES string of the molecule is CCC(CC)S(=O)(=O)C(C)CC(=O)OC. The second-order valence-corrected chi connectivity index (χ2v) is 6.27. The summed E-state index contributed by atoms with van der Waals surface area (Å²) in [5.74, 6) is -0.475. The first-order chi connectivity index (χ1) is 6.89. The highest BCUT2D eigenvalue weighted by Crippen LogP contribution is 2.18. The van der Waals surface area contributed by atoms with Gasteiger partial charge < -0.3 is 4.74 Å². The number of hydrogen-bond donors (Lipinski definition) is 0. The molecule has 5 heteroatoms. The van der Waals surface area contributed by atoms with Crippen LogP contribution < -0.4 is 0 Å². The number of rotatable bonds is 6. The molecule has 0 radical (unpaired) electrons. The lowest BCUT2D eigenvalue weighted by atomic mass is 10.3. The Morgan fingerprint density at radius 3 is 2.07 bits per heavy atom. The van der Waals surface area contributed by atoms with Crippen LogP contribution in [0, 0.1) is 0 Å². The Morgan fingerprint density at radius 2 is 1.73 bits per heavy atom. The number of sulfone groups is 1. The highest BCUT2D eigenvalue weighted by atomic mass is 32.2. The number of carbonyl (C=O) groups excluding carboxylic acids is 1. The monoisotopic (exact) mass is 236 g/mol. The molecular weight excluding hydrogens is 216 g/mol. The number of carbonyl (C=O) groups is 1. The zero-order valence-corrected chi connectivity index (χ0v) is 10.6. The maximum atomic E-state index is 11.9. The molecule has 1 unspecified atom stereocenters. The van der Waals surface area contributed by atoms with Crippen molar-refractivity contribution in [2.45, 2.75) is 50.5 Å². The quantitative estimate of drug-likeness (QED) is 0.656. The van der Waals surface area contributed by atoms with Gasteiger partial charge in [-0.05, 0) is 19.8 Å². The predicted octanol–water partition coefficient (Wildman–Crippen LogP) is 1.54. The molecule has 0 N–H and O–H groups in total. The minimum Gasteiger partial charge on any atom is -0.469 e. The van der Waals surface area contributed by atoms with Gasteiger partial charge in [-0.1, -0.05) is 13.8 Å². The maximum Gasteiger partial charge on any atom is 0.306 e. The van der Waals surface area contributed by atoms with Gasteiger partial charge in [-0.3, -0.25) is 4.79 Å².